The lowest BCUT2D eigenvalue weighted by molar-refractivity contribution is 0.438. The zero-order chi connectivity index (χ0) is 18.9. The molecule has 0 aliphatic heterocycles. The molecule has 0 N–H and O–H groups in total. The Kier molecular flexibility index (Phi) is 9.33. The first kappa shape index (κ1) is 21.8. The molecule has 0 aliphatic carbocycles. The fourth-order valence-corrected chi connectivity index (χ4v) is 4.70. The molecule has 0 aliphatic rings. The van der Waals surface area contributed by atoms with Crippen LogP contribution in [0.3, 0.4) is 0 Å². The van der Waals surface area contributed by atoms with Gasteiger partial charge in [0.15, 0.2) is 0 Å². The van der Waals surface area contributed by atoms with Crippen LogP contribution in [0.5, 0.6) is 0 Å². The van der Waals surface area contributed by atoms with Gasteiger partial charge in [0.25, 0.3) is 0 Å². The van der Waals surface area contributed by atoms with E-state index in [1.165, 1.54) is 22.0 Å². The summed E-state index contributed by atoms with van der Waals surface area (Å²) in [4.78, 5) is 3.70. The lowest BCUT2D eigenvalue weighted by atomic mass is 10.4. The summed E-state index contributed by atoms with van der Waals surface area (Å²) in [6.45, 7) is 4.56. The lowest BCUT2D eigenvalue weighted by Crippen LogP contribution is -2.22. The van der Waals surface area contributed by atoms with Crippen molar-refractivity contribution in [3.05, 3.63) is 41.5 Å². The molecule has 0 atom stereocenters. The van der Waals surface area contributed by atoms with Crippen LogP contribution in [0.15, 0.2) is 46.5 Å². The zero-order valence-electron chi connectivity index (χ0n) is 15.2. The van der Waals surface area contributed by atoms with Crippen molar-refractivity contribution >= 4 is 31.6 Å². The van der Waals surface area contributed by atoms with E-state index >= 15 is 0 Å². The van der Waals surface area contributed by atoms with Crippen LogP contribution in [0.2, 0.25) is 0 Å². The molecule has 0 saturated heterocycles. The average Bonchev–Trinajstić information content (AvgIpc) is 3.06. The van der Waals surface area contributed by atoms with E-state index in [-0.39, 0.29) is 9.93 Å². The summed E-state index contributed by atoms with van der Waals surface area (Å²) in [5.41, 5.74) is 0. The molecule has 0 unspecified atom stereocenters. The van der Waals surface area contributed by atoms with Gasteiger partial charge in [0.1, 0.15) is 0 Å². The Morgan fingerprint density at radius 3 is 2.60 bits per heavy atom. The van der Waals surface area contributed by atoms with Crippen molar-refractivity contribution in [1.82, 2.24) is 20.0 Å². The van der Waals surface area contributed by atoms with E-state index in [9.17, 15) is 8.42 Å². The molecule has 140 valence electrons. The van der Waals surface area contributed by atoms with E-state index < -0.39 is 9.84 Å². The maximum atomic E-state index is 12.7. The molecule has 0 fully saturated rings. The molecular formula is C15H25N5O2S3. The van der Waals surface area contributed by atoms with E-state index in [2.05, 4.69) is 15.2 Å². The highest BCUT2D eigenvalue weighted by atomic mass is 33.1. The van der Waals surface area contributed by atoms with Crippen molar-refractivity contribution < 1.29 is 8.42 Å². The predicted molar refractivity (Wildman–Crippen MR) is 108 cm³/mol. The van der Waals surface area contributed by atoms with Crippen LogP contribution in [0.4, 0.5) is 0 Å². The molecule has 1 heterocycles. The summed E-state index contributed by atoms with van der Waals surface area (Å²) in [6.07, 6.45) is 9.64. The third-order valence-electron chi connectivity index (χ3n) is 2.90. The lowest BCUT2D eigenvalue weighted by Gasteiger charge is -2.16. The van der Waals surface area contributed by atoms with Crippen molar-refractivity contribution in [2.24, 2.45) is 0 Å². The van der Waals surface area contributed by atoms with Crippen molar-refractivity contribution in [2.75, 3.05) is 37.9 Å². The van der Waals surface area contributed by atoms with Gasteiger partial charge in [0.05, 0.1) is 11.1 Å². The standard InChI is InChI=1S/C15H25N5O2S3/c1-6-8-10-14(9-7-2)25(21,22)15-13-20(17-16-15)19(5)24-23-12-11-18(3)4/h6-10,13H,11-12H2,1-5H3/b8-6-,9-7-,14-10+. The average molecular weight is 404 g/mol. The number of allylic oxidation sites excluding steroid dienone is 5. The molecule has 0 amide bonds. The molecule has 0 radical (unpaired) electrons. The van der Waals surface area contributed by atoms with Crippen LogP contribution >= 0.6 is 21.8 Å². The normalized spacial score (nSPS) is 13.4. The molecule has 1 rings (SSSR count). The second-order valence-corrected chi connectivity index (χ2v) is 9.61. The monoisotopic (exact) mass is 403 g/mol. The van der Waals surface area contributed by atoms with Gasteiger partial charge in [-0.25, -0.2) is 12.8 Å². The summed E-state index contributed by atoms with van der Waals surface area (Å²) in [6, 6.07) is 0. The molecule has 1 aromatic heterocycles. The number of rotatable bonds is 10. The predicted octanol–water partition coefficient (Wildman–Crippen LogP) is 2.51. The maximum Gasteiger partial charge on any atom is 0.227 e. The van der Waals surface area contributed by atoms with E-state index in [1.54, 1.807) is 59.6 Å². The second kappa shape index (κ2) is 10.7. The molecule has 1 aromatic rings. The summed E-state index contributed by atoms with van der Waals surface area (Å²) in [5, 5.41) is 7.67. The first-order chi connectivity index (χ1) is 11.8. The zero-order valence-corrected chi connectivity index (χ0v) is 17.6. The Bertz CT molecular complexity index is 723. The van der Waals surface area contributed by atoms with Gasteiger partial charge >= 0.3 is 0 Å². The number of hydrogen-bond acceptors (Lipinski definition) is 8. The van der Waals surface area contributed by atoms with Crippen molar-refractivity contribution in [2.45, 2.75) is 18.9 Å². The van der Waals surface area contributed by atoms with Crippen molar-refractivity contribution in [3.63, 3.8) is 0 Å². The number of hydrogen-bond donors (Lipinski definition) is 0. The van der Waals surface area contributed by atoms with Gasteiger partial charge in [-0.05, 0) is 45.3 Å². The third kappa shape index (κ3) is 6.89. The highest BCUT2D eigenvalue weighted by molar-refractivity contribution is 8.77. The largest absolute Gasteiger partial charge is 0.309 e. The number of nitrogens with zero attached hydrogens (tertiary/aromatic N) is 5. The molecule has 25 heavy (non-hydrogen) atoms. The van der Waals surface area contributed by atoms with Crippen LogP contribution in [0.1, 0.15) is 13.8 Å². The molecule has 0 saturated carbocycles. The van der Waals surface area contributed by atoms with Crippen molar-refractivity contribution in [3.8, 4) is 0 Å². The van der Waals surface area contributed by atoms with Gasteiger partial charge in [0.2, 0.25) is 14.9 Å². The van der Waals surface area contributed by atoms with Gasteiger partial charge in [-0.15, -0.1) is 5.10 Å². The minimum Gasteiger partial charge on any atom is -0.309 e. The number of aromatic nitrogens is 3. The molecular weight excluding hydrogens is 378 g/mol. The number of sulfone groups is 1. The Hall–Kier alpha value is -1.23. The van der Waals surface area contributed by atoms with E-state index in [4.69, 9.17) is 0 Å². The molecule has 0 bridgehead atoms. The Morgan fingerprint density at radius 2 is 2.00 bits per heavy atom. The molecule has 7 nitrogen and oxygen atoms in total. The molecule has 0 spiro atoms. The smallest absolute Gasteiger partial charge is 0.227 e. The fraction of sp³-hybridized carbons (Fsp3) is 0.467. The Labute approximate surface area is 158 Å². The summed E-state index contributed by atoms with van der Waals surface area (Å²) >= 11 is 0. The first-order valence-electron chi connectivity index (χ1n) is 7.64. The quantitative estimate of drug-likeness (QED) is 0.255. The molecule has 0 aromatic carbocycles. The van der Waals surface area contributed by atoms with E-state index in [0.717, 1.165) is 12.3 Å². The van der Waals surface area contributed by atoms with Crippen LogP contribution in [0, 0.1) is 0 Å². The fourth-order valence-electron chi connectivity index (χ4n) is 1.58. The van der Waals surface area contributed by atoms with Crippen LogP contribution < -0.4 is 4.41 Å². The van der Waals surface area contributed by atoms with Gasteiger partial charge < -0.3 is 4.90 Å². The summed E-state index contributed by atoms with van der Waals surface area (Å²) < 4.78 is 27.1. The van der Waals surface area contributed by atoms with E-state index in [0.29, 0.717) is 0 Å². The SMILES string of the molecule is C\C=C/C=C(\C=C/C)S(=O)(=O)c1cn(N(C)SSCCN(C)C)nn1. The molecule has 10 heteroatoms. The van der Waals surface area contributed by atoms with Gasteiger partial charge in [-0.3, -0.25) is 0 Å². The highest BCUT2D eigenvalue weighted by Crippen LogP contribution is 2.24. The summed E-state index contributed by atoms with van der Waals surface area (Å²) in [5.74, 6) is 0.944. The van der Waals surface area contributed by atoms with Gasteiger partial charge in [-0.2, -0.15) is 4.79 Å². The Balaban J connectivity index is 2.87. The summed E-state index contributed by atoms with van der Waals surface area (Å²) in [7, 11) is 5.28. The maximum absolute atomic E-state index is 12.7. The van der Waals surface area contributed by atoms with E-state index in [1.807, 2.05) is 21.0 Å². The van der Waals surface area contributed by atoms with Crippen LogP contribution in [0.25, 0.3) is 0 Å². The third-order valence-corrected chi connectivity index (χ3v) is 6.83. The van der Waals surface area contributed by atoms with Crippen LogP contribution in [-0.2, 0) is 9.84 Å². The second-order valence-electron chi connectivity index (χ2n) is 5.24. The van der Waals surface area contributed by atoms with Crippen molar-refractivity contribution in [1.29, 1.82) is 0 Å². The minimum absolute atomic E-state index is 0.0768. The highest BCUT2D eigenvalue weighted by Gasteiger charge is 2.23. The first-order valence-corrected chi connectivity index (χ1v) is 11.4. The minimum atomic E-state index is -3.71. The van der Waals surface area contributed by atoms with Gasteiger partial charge in [0, 0.05) is 30.3 Å². The van der Waals surface area contributed by atoms with Gasteiger partial charge in [-0.1, -0.05) is 29.0 Å². The Morgan fingerprint density at radius 1 is 1.28 bits per heavy atom. The van der Waals surface area contributed by atoms with Crippen LogP contribution in [-0.4, -0.2) is 61.9 Å². The topological polar surface area (TPSA) is 71.3 Å².